The minimum Gasteiger partial charge on any atom is -0.477 e. The lowest BCUT2D eigenvalue weighted by Crippen LogP contribution is -1.95. The Bertz CT molecular complexity index is 556. The molecule has 1 aromatic carbocycles. The molecule has 0 aliphatic heterocycles. The van der Waals surface area contributed by atoms with Gasteiger partial charge in [-0.15, -0.1) is 0 Å². The predicted molar refractivity (Wildman–Crippen MR) is 65.5 cm³/mol. The van der Waals surface area contributed by atoms with Crippen molar-refractivity contribution in [1.29, 1.82) is 0 Å². The molecule has 0 radical (unpaired) electrons. The monoisotopic (exact) mass is 228 g/mol. The second kappa shape index (κ2) is 4.65. The Hall–Kier alpha value is -2.36. The Kier molecular flexibility index (Phi) is 3.05. The van der Waals surface area contributed by atoms with Gasteiger partial charge in [0.2, 0.25) is 0 Å². The van der Waals surface area contributed by atoms with Gasteiger partial charge in [0.1, 0.15) is 5.69 Å². The molecule has 17 heavy (non-hydrogen) atoms. The molecule has 1 heterocycles. The van der Waals surface area contributed by atoms with Crippen LogP contribution < -0.4 is 0 Å². The summed E-state index contributed by atoms with van der Waals surface area (Å²) in [6, 6.07) is 11.3. The maximum atomic E-state index is 10.7. The Morgan fingerprint density at radius 1 is 1.35 bits per heavy atom. The quantitative estimate of drug-likeness (QED) is 0.848. The molecular weight excluding hydrogens is 216 g/mol. The van der Waals surface area contributed by atoms with Crippen molar-refractivity contribution in [2.75, 3.05) is 0 Å². The SMILES string of the molecule is C/C(=C/c1ccccc1)c1cc(C(=O)O)[nH]n1. The van der Waals surface area contributed by atoms with E-state index in [1.54, 1.807) is 0 Å². The molecule has 0 bridgehead atoms. The Morgan fingerprint density at radius 3 is 2.65 bits per heavy atom. The van der Waals surface area contributed by atoms with Crippen molar-refractivity contribution in [2.45, 2.75) is 6.92 Å². The standard InChI is InChI=1S/C13H12N2O2/c1-9(7-10-5-3-2-4-6-10)11-8-12(13(16)17)15-14-11/h2-8H,1H3,(H,14,15)(H,16,17)/b9-7-. The predicted octanol–water partition coefficient (Wildman–Crippen LogP) is 2.67. The molecule has 2 N–H and O–H groups in total. The lowest BCUT2D eigenvalue weighted by molar-refractivity contribution is 0.0690. The van der Waals surface area contributed by atoms with Crippen LogP contribution in [0.1, 0.15) is 28.7 Å². The van der Waals surface area contributed by atoms with Crippen LogP contribution in [0.2, 0.25) is 0 Å². The van der Waals surface area contributed by atoms with Gasteiger partial charge >= 0.3 is 5.97 Å². The average Bonchev–Trinajstić information content (AvgIpc) is 2.79. The van der Waals surface area contributed by atoms with E-state index in [0.717, 1.165) is 11.1 Å². The van der Waals surface area contributed by atoms with E-state index < -0.39 is 5.97 Å². The number of hydrogen-bond donors (Lipinski definition) is 2. The van der Waals surface area contributed by atoms with Crippen molar-refractivity contribution in [3.63, 3.8) is 0 Å². The van der Waals surface area contributed by atoms with E-state index in [1.165, 1.54) is 6.07 Å². The molecule has 2 aromatic rings. The molecule has 0 aliphatic carbocycles. The minimum atomic E-state index is -1.00. The molecular formula is C13H12N2O2. The number of nitrogens with zero attached hydrogens (tertiary/aromatic N) is 1. The van der Waals surface area contributed by atoms with E-state index in [1.807, 2.05) is 43.3 Å². The first-order valence-electron chi connectivity index (χ1n) is 5.19. The van der Waals surface area contributed by atoms with Crippen molar-refractivity contribution >= 4 is 17.6 Å². The number of rotatable bonds is 3. The number of H-pyrrole nitrogens is 1. The molecule has 0 saturated heterocycles. The van der Waals surface area contributed by atoms with Gasteiger partial charge in [-0.3, -0.25) is 5.10 Å². The fourth-order valence-corrected chi connectivity index (χ4v) is 1.51. The fourth-order valence-electron chi connectivity index (χ4n) is 1.51. The third-order valence-corrected chi connectivity index (χ3v) is 2.40. The number of nitrogens with one attached hydrogen (secondary N) is 1. The van der Waals surface area contributed by atoms with Gasteiger partial charge in [0.25, 0.3) is 0 Å². The third kappa shape index (κ3) is 2.60. The zero-order valence-corrected chi connectivity index (χ0v) is 9.34. The highest BCUT2D eigenvalue weighted by molar-refractivity contribution is 5.87. The smallest absolute Gasteiger partial charge is 0.353 e. The van der Waals surface area contributed by atoms with Crippen molar-refractivity contribution < 1.29 is 9.90 Å². The van der Waals surface area contributed by atoms with Crippen molar-refractivity contribution in [3.8, 4) is 0 Å². The largest absolute Gasteiger partial charge is 0.477 e. The summed E-state index contributed by atoms with van der Waals surface area (Å²) in [5.74, 6) is -1.00. The summed E-state index contributed by atoms with van der Waals surface area (Å²) in [5, 5.41) is 15.2. The normalized spacial score (nSPS) is 11.5. The van der Waals surface area contributed by atoms with Gasteiger partial charge in [-0.05, 0) is 30.2 Å². The van der Waals surface area contributed by atoms with Crippen LogP contribution >= 0.6 is 0 Å². The number of aromatic carboxylic acids is 1. The van der Waals surface area contributed by atoms with Gasteiger partial charge in [0.05, 0.1) is 5.69 Å². The summed E-state index contributed by atoms with van der Waals surface area (Å²) >= 11 is 0. The summed E-state index contributed by atoms with van der Waals surface area (Å²) in [6.45, 7) is 1.90. The molecule has 4 heteroatoms. The number of aromatic amines is 1. The van der Waals surface area contributed by atoms with Gasteiger partial charge in [0.15, 0.2) is 0 Å². The zero-order chi connectivity index (χ0) is 12.3. The van der Waals surface area contributed by atoms with Crippen LogP contribution in [0.3, 0.4) is 0 Å². The summed E-state index contributed by atoms with van der Waals surface area (Å²) in [5.41, 5.74) is 2.72. The lowest BCUT2D eigenvalue weighted by Gasteiger charge is -1.96. The van der Waals surface area contributed by atoms with E-state index in [0.29, 0.717) is 5.69 Å². The molecule has 0 saturated carbocycles. The van der Waals surface area contributed by atoms with Crippen molar-refractivity contribution in [3.05, 3.63) is 53.3 Å². The van der Waals surface area contributed by atoms with Crippen molar-refractivity contribution in [1.82, 2.24) is 10.2 Å². The molecule has 0 unspecified atom stereocenters. The maximum Gasteiger partial charge on any atom is 0.353 e. The number of carboxylic acid groups (broad SMARTS) is 1. The topological polar surface area (TPSA) is 66.0 Å². The Balaban J connectivity index is 2.27. The van der Waals surface area contributed by atoms with Crippen LogP contribution in [-0.2, 0) is 0 Å². The van der Waals surface area contributed by atoms with E-state index in [9.17, 15) is 4.79 Å². The summed E-state index contributed by atoms with van der Waals surface area (Å²) in [7, 11) is 0. The van der Waals surface area contributed by atoms with Gasteiger partial charge in [-0.2, -0.15) is 5.10 Å². The van der Waals surface area contributed by atoms with Crippen molar-refractivity contribution in [2.24, 2.45) is 0 Å². The number of aromatic nitrogens is 2. The molecule has 1 aromatic heterocycles. The second-order valence-electron chi connectivity index (χ2n) is 3.71. The first kappa shape index (κ1) is 11.1. The summed E-state index contributed by atoms with van der Waals surface area (Å²) < 4.78 is 0. The number of benzene rings is 1. The molecule has 2 rings (SSSR count). The first-order chi connectivity index (χ1) is 8.16. The third-order valence-electron chi connectivity index (χ3n) is 2.40. The Labute approximate surface area is 98.6 Å². The fraction of sp³-hybridized carbons (Fsp3) is 0.0769. The highest BCUT2D eigenvalue weighted by Gasteiger charge is 2.08. The maximum absolute atomic E-state index is 10.7. The van der Waals surface area contributed by atoms with Crippen LogP contribution in [0.5, 0.6) is 0 Å². The van der Waals surface area contributed by atoms with Gasteiger partial charge in [-0.1, -0.05) is 30.3 Å². The van der Waals surface area contributed by atoms with E-state index in [4.69, 9.17) is 5.11 Å². The van der Waals surface area contributed by atoms with Gasteiger partial charge in [0, 0.05) is 0 Å². The molecule has 0 atom stereocenters. The number of carboxylic acids is 1. The van der Waals surface area contributed by atoms with Crippen LogP contribution in [0.4, 0.5) is 0 Å². The molecule has 0 spiro atoms. The van der Waals surface area contributed by atoms with Gasteiger partial charge in [-0.25, -0.2) is 4.79 Å². The molecule has 0 aliphatic rings. The Morgan fingerprint density at radius 2 is 2.06 bits per heavy atom. The van der Waals surface area contributed by atoms with E-state index >= 15 is 0 Å². The minimum absolute atomic E-state index is 0.0980. The molecule has 0 amide bonds. The molecule has 86 valence electrons. The van der Waals surface area contributed by atoms with E-state index in [2.05, 4.69) is 10.2 Å². The summed E-state index contributed by atoms with van der Waals surface area (Å²) in [6.07, 6.45) is 1.96. The van der Waals surface area contributed by atoms with Crippen LogP contribution in [0.25, 0.3) is 11.6 Å². The van der Waals surface area contributed by atoms with Gasteiger partial charge < -0.3 is 5.11 Å². The van der Waals surface area contributed by atoms with Crippen LogP contribution in [0.15, 0.2) is 36.4 Å². The molecule has 0 fully saturated rings. The zero-order valence-electron chi connectivity index (χ0n) is 9.34. The number of carbonyl (C=O) groups is 1. The average molecular weight is 228 g/mol. The highest BCUT2D eigenvalue weighted by Crippen LogP contribution is 2.16. The lowest BCUT2D eigenvalue weighted by atomic mass is 10.1. The number of hydrogen-bond acceptors (Lipinski definition) is 2. The number of allylic oxidation sites excluding steroid dienone is 1. The summed E-state index contributed by atoms with van der Waals surface area (Å²) in [4.78, 5) is 10.7. The first-order valence-corrected chi connectivity index (χ1v) is 5.19. The second-order valence-corrected chi connectivity index (χ2v) is 3.71. The van der Waals surface area contributed by atoms with Crippen LogP contribution in [-0.4, -0.2) is 21.3 Å². The van der Waals surface area contributed by atoms with Crippen LogP contribution in [0, 0.1) is 0 Å². The molecule has 4 nitrogen and oxygen atoms in total. The van der Waals surface area contributed by atoms with E-state index in [-0.39, 0.29) is 5.69 Å². The highest BCUT2D eigenvalue weighted by atomic mass is 16.4.